The number of halogens is 1. The van der Waals surface area contributed by atoms with Gasteiger partial charge in [0, 0.05) is 30.6 Å². The zero-order valence-electron chi connectivity index (χ0n) is 24.0. The average Bonchev–Trinajstić information content (AvgIpc) is 3.53. The van der Waals surface area contributed by atoms with Gasteiger partial charge in [0.1, 0.15) is 11.9 Å². The van der Waals surface area contributed by atoms with Gasteiger partial charge in [0.25, 0.3) is 11.8 Å². The number of rotatable bonds is 5. The van der Waals surface area contributed by atoms with Gasteiger partial charge in [0.2, 0.25) is 11.8 Å². The Hall–Kier alpha value is -4.88. The van der Waals surface area contributed by atoms with E-state index in [0.717, 1.165) is 48.7 Å². The molecule has 0 saturated carbocycles. The van der Waals surface area contributed by atoms with Crippen molar-refractivity contribution in [2.75, 3.05) is 18.0 Å². The van der Waals surface area contributed by atoms with E-state index in [1.807, 2.05) is 36.4 Å². The molecule has 3 aromatic rings. The van der Waals surface area contributed by atoms with Crippen molar-refractivity contribution >= 4 is 29.3 Å². The molecule has 4 aliphatic rings. The Morgan fingerprint density at radius 2 is 1.68 bits per heavy atom. The number of nitrogens with zero attached hydrogens (tertiary/aromatic N) is 4. The van der Waals surface area contributed by atoms with Crippen LogP contribution in [0.5, 0.6) is 0 Å². The summed E-state index contributed by atoms with van der Waals surface area (Å²) in [6.07, 6.45) is 2.50. The fraction of sp³-hybridized carbons (Fsp3) is 0.324. The van der Waals surface area contributed by atoms with Crippen LogP contribution in [-0.4, -0.2) is 52.6 Å². The molecular formula is C34H30FN5O4. The minimum absolute atomic E-state index is 0.158. The van der Waals surface area contributed by atoms with Gasteiger partial charge in [0.05, 0.1) is 23.9 Å². The highest BCUT2D eigenvalue weighted by molar-refractivity contribution is 6.10. The molecular weight excluding hydrogens is 561 g/mol. The molecule has 4 amide bonds. The maximum atomic E-state index is 14.6. The third-order valence-electron chi connectivity index (χ3n) is 9.36. The van der Waals surface area contributed by atoms with Crippen molar-refractivity contribution in [3.63, 3.8) is 0 Å². The summed E-state index contributed by atoms with van der Waals surface area (Å²) in [4.78, 5) is 55.6. The Kier molecular flexibility index (Phi) is 6.98. The summed E-state index contributed by atoms with van der Waals surface area (Å²) >= 11 is 0. The number of carbonyl (C=O) groups is 4. The summed E-state index contributed by atoms with van der Waals surface area (Å²) < 4.78 is 14.6. The van der Waals surface area contributed by atoms with Crippen LogP contribution in [0.15, 0.2) is 54.6 Å². The molecule has 0 aliphatic carbocycles. The van der Waals surface area contributed by atoms with E-state index in [9.17, 15) is 23.6 Å². The smallest absolute Gasteiger partial charge is 0.259 e. The van der Waals surface area contributed by atoms with Crippen molar-refractivity contribution < 1.29 is 23.6 Å². The van der Waals surface area contributed by atoms with E-state index < -0.39 is 17.8 Å². The van der Waals surface area contributed by atoms with Crippen molar-refractivity contribution in [1.82, 2.24) is 15.1 Å². The van der Waals surface area contributed by atoms with Crippen LogP contribution in [0.1, 0.15) is 80.1 Å². The van der Waals surface area contributed by atoms with E-state index in [0.29, 0.717) is 43.1 Å². The molecule has 222 valence electrons. The highest BCUT2D eigenvalue weighted by atomic mass is 19.1. The zero-order chi connectivity index (χ0) is 30.5. The highest BCUT2D eigenvalue weighted by Crippen LogP contribution is 2.35. The number of hydrogen-bond acceptors (Lipinski definition) is 6. The van der Waals surface area contributed by atoms with Crippen LogP contribution in [0.25, 0.3) is 0 Å². The van der Waals surface area contributed by atoms with Crippen LogP contribution in [0.2, 0.25) is 0 Å². The molecule has 0 bridgehead atoms. The summed E-state index contributed by atoms with van der Waals surface area (Å²) in [5.41, 5.74) is 5.60. The highest BCUT2D eigenvalue weighted by Gasteiger charge is 2.39. The Balaban J connectivity index is 0.974. The number of imide groups is 1. The van der Waals surface area contributed by atoms with E-state index in [1.165, 1.54) is 22.6 Å². The Morgan fingerprint density at radius 3 is 2.43 bits per heavy atom. The van der Waals surface area contributed by atoms with Crippen LogP contribution >= 0.6 is 0 Å². The zero-order valence-corrected chi connectivity index (χ0v) is 24.0. The monoisotopic (exact) mass is 591 g/mol. The molecule has 4 heterocycles. The number of anilines is 1. The lowest BCUT2D eigenvalue weighted by Gasteiger charge is -2.32. The summed E-state index contributed by atoms with van der Waals surface area (Å²) in [6.45, 7) is 3.14. The minimum atomic E-state index is -0.617. The molecule has 2 fully saturated rings. The van der Waals surface area contributed by atoms with Crippen molar-refractivity contribution in [3.8, 4) is 6.07 Å². The summed E-state index contributed by atoms with van der Waals surface area (Å²) in [5, 5.41) is 11.4. The standard InChI is InChI=1S/C34H30FN5O4/c35-28-14-20(16-36)2-6-29(28)39-18-24-3-1-21(13-27(24)34(39)44)17-38-11-9-22(10-12-38)23-4-5-26-25(15-23)19-40(33(26)43)30-7-8-31(41)37-32(30)42/h1-6,13-15,22,30H,7-12,17-19H2,(H,37,41,42). The van der Waals surface area contributed by atoms with Gasteiger partial charge in [-0.1, -0.05) is 24.3 Å². The van der Waals surface area contributed by atoms with E-state index in [-0.39, 0.29) is 35.4 Å². The van der Waals surface area contributed by atoms with Gasteiger partial charge in [-0.3, -0.25) is 29.4 Å². The first-order valence-electron chi connectivity index (χ1n) is 14.9. The van der Waals surface area contributed by atoms with Gasteiger partial charge in [-0.25, -0.2) is 4.39 Å². The second-order valence-corrected chi connectivity index (χ2v) is 12.0. The molecule has 2 saturated heterocycles. The van der Waals surface area contributed by atoms with E-state index >= 15 is 0 Å². The fourth-order valence-electron chi connectivity index (χ4n) is 6.97. The quantitative estimate of drug-likeness (QED) is 0.449. The maximum absolute atomic E-state index is 14.6. The van der Waals surface area contributed by atoms with Gasteiger partial charge in [-0.15, -0.1) is 0 Å². The fourth-order valence-corrected chi connectivity index (χ4v) is 6.97. The van der Waals surface area contributed by atoms with E-state index in [4.69, 9.17) is 5.26 Å². The van der Waals surface area contributed by atoms with Crippen molar-refractivity contribution in [1.29, 1.82) is 5.26 Å². The number of piperidine rings is 2. The summed E-state index contributed by atoms with van der Waals surface area (Å²) in [5.74, 6) is -1.33. The molecule has 44 heavy (non-hydrogen) atoms. The molecule has 9 nitrogen and oxygen atoms in total. The van der Waals surface area contributed by atoms with E-state index in [1.54, 1.807) is 4.90 Å². The van der Waals surface area contributed by atoms with Crippen LogP contribution in [0.4, 0.5) is 10.1 Å². The lowest BCUT2D eigenvalue weighted by atomic mass is 9.87. The first-order valence-corrected chi connectivity index (χ1v) is 14.9. The van der Waals surface area contributed by atoms with Crippen LogP contribution in [-0.2, 0) is 29.2 Å². The number of nitrogens with one attached hydrogen (secondary N) is 1. The predicted octanol–water partition coefficient (Wildman–Crippen LogP) is 4.00. The van der Waals surface area contributed by atoms with Gasteiger partial charge in [-0.05, 0) is 90.9 Å². The van der Waals surface area contributed by atoms with E-state index in [2.05, 4.69) is 16.3 Å². The number of benzene rings is 3. The lowest BCUT2D eigenvalue weighted by Crippen LogP contribution is -2.52. The van der Waals surface area contributed by atoms with Crippen LogP contribution < -0.4 is 10.2 Å². The van der Waals surface area contributed by atoms with Crippen molar-refractivity contribution in [2.45, 2.75) is 57.3 Å². The second-order valence-electron chi connectivity index (χ2n) is 12.0. The maximum Gasteiger partial charge on any atom is 0.259 e. The Bertz CT molecular complexity index is 1770. The number of hydrogen-bond donors (Lipinski definition) is 1. The summed E-state index contributed by atoms with van der Waals surface area (Å²) in [6, 6.07) is 17.3. The molecule has 10 heteroatoms. The molecule has 1 unspecified atom stereocenters. The first-order chi connectivity index (χ1) is 21.3. The molecule has 0 radical (unpaired) electrons. The van der Waals surface area contributed by atoms with Crippen molar-refractivity contribution in [2.24, 2.45) is 0 Å². The normalized spacial score (nSPS) is 20.5. The molecule has 1 atom stereocenters. The molecule has 7 rings (SSSR count). The largest absolute Gasteiger partial charge is 0.322 e. The SMILES string of the molecule is N#Cc1ccc(N2Cc3ccc(CN4CCC(c5ccc6c(c5)CN(C5CCC(=O)NC5=O)C6=O)CC4)cc3C2=O)c(F)c1. The molecule has 1 N–H and O–H groups in total. The molecule has 0 spiro atoms. The van der Waals surface area contributed by atoms with Crippen LogP contribution in [0, 0.1) is 17.1 Å². The van der Waals surface area contributed by atoms with Gasteiger partial charge in [0.15, 0.2) is 0 Å². The first kappa shape index (κ1) is 27.9. The van der Waals surface area contributed by atoms with Gasteiger partial charge >= 0.3 is 0 Å². The average molecular weight is 592 g/mol. The van der Waals surface area contributed by atoms with Gasteiger partial charge < -0.3 is 9.80 Å². The Labute approximate surface area is 253 Å². The molecule has 3 aromatic carbocycles. The minimum Gasteiger partial charge on any atom is -0.322 e. The number of nitriles is 1. The predicted molar refractivity (Wildman–Crippen MR) is 158 cm³/mol. The Morgan fingerprint density at radius 1 is 0.864 bits per heavy atom. The molecule has 0 aromatic heterocycles. The number of fused-ring (bicyclic) bond motifs is 2. The molecule has 4 aliphatic heterocycles. The number of amides is 4. The third kappa shape index (κ3) is 4.93. The second kappa shape index (κ2) is 11.0. The number of carbonyl (C=O) groups excluding carboxylic acids is 4. The number of likely N-dealkylation sites (tertiary alicyclic amines) is 1. The lowest BCUT2D eigenvalue weighted by molar-refractivity contribution is -0.136. The summed E-state index contributed by atoms with van der Waals surface area (Å²) in [7, 11) is 0. The van der Waals surface area contributed by atoms with Crippen molar-refractivity contribution in [3.05, 3.63) is 99.4 Å². The van der Waals surface area contributed by atoms with Crippen LogP contribution in [0.3, 0.4) is 0 Å². The third-order valence-corrected chi connectivity index (χ3v) is 9.36. The topological polar surface area (TPSA) is 114 Å². The van der Waals surface area contributed by atoms with Gasteiger partial charge in [-0.2, -0.15) is 5.26 Å².